The molecule has 170 valence electrons. The Morgan fingerprint density at radius 3 is 2.24 bits per heavy atom. The van der Waals surface area contributed by atoms with Crippen molar-refractivity contribution in [1.29, 1.82) is 0 Å². The Bertz CT molecular complexity index is 538. The third-order valence-corrected chi connectivity index (χ3v) is 5.35. The van der Waals surface area contributed by atoms with E-state index in [4.69, 9.17) is 4.74 Å². The Kier molecular flexibility index (Phi) is 10.4. The van der Waals surface area contributed by atoms with Gasteiger partial charge in [-0.25, -0.2) is 4.79 Å². The fourth-order valence-electron chi connectivity index (χ4n) is 3.57. The van der Waals surface area contributed by atoms with E-state index >= 15 is 0 Å². The summed E-state index contributed by atoms with van der Waals surface area (Å²) in [6, 6.07) is 0.687. The number of halogens is 1. The normalized spacial score (nSPS) is 20.7. The molecule has 0 spiro atoms. The number of rotatable bonds is 5. The number of amides is 1. The first-order valence-corrected chi connectivity index (χ1v) is 10.5. The van der Waals surface area contributed by atoms with E-state index in [0.717, 1.165) is 38.7 Å². The molecule has 2 aliphatic heterocycles. The van der Waals surface area contributed by atoms with Gasteiger partial charge in [0, 0.05) is 58.9 Å². The van der Waals surface area contributed by atoms with Crippen LogP contribution in [0.4, 0.5) is 4.79 Å². The maximum Gasteiger partial charge on any atom is 0.410 e. The summed E-state index contributed by atoms with van der Waals surface area (Å²) >= 11 is 0. The molecule has 2 fully saturated rings. The van der Waals surface area contributed by atoms with Crippen LogP contribution in [0.25, 0.3) is 0 Å². The van der Waals surface area contributed by atoms with Crippen LogP contribution in [-0.4, -0.2) is 104 Å². The molecule has 0 radical (unpaired) electrons. The smallest absolute Gasteiger partial charge is 0.410 e. The van der Waals surface area contributed by atoms with Crippen LogP contribution in [0.5, 0.6) is 0 Å². The zero-order chi connectivity index (χ0) is 20.9. The van der Waals surface area contributed by atoms with Crippen molar-refractivity contribution >= 4 is 36.0 Å². The summed E-state index contributed by atoms with van der Waals surface area (Å²) in [5.74, 6) is 1.37. The van der Waals surface area contributed by atoms with Gasteiger partial charge < -0.3 is 25.2 Å². The lowest BCUT2D eigenvalue weighted by Gasteiger charge is -2.41. The monoisotopic (exact) mass is 524 g/mol. The number of hydrogen-bond donors (Lipinski definition) is 2. The van der Waals surface area contributed by atoms with Crippen LogP contribution in [0.15, 0.2) is 4.99 Å². The zero-order valence-electron chi connectivity index (χ0n) is 19.2. The van der Waals surface area contributed by atoms with Gasteiger partial charge >= 0.3 is 6.09 Å². The molecule has 0 aromatic heterocycles. The van der Waals surface area contributed by atoms with Crippen molar-refractivity contribution in [2.45, 2.75) is 52.3 Å². The molecule has 8 nitrogen and oxygen atoms in total. The van der Waals surface area contributed by atoms with E-state index in [9.17, 15) is 4.79 Å². The van der Waals surface area contributed by atoms with Gasteiger partial charge in [-0.05, 0) is 33.7 Å². The number of hydrogen-bond acceptors (Lipinski definition) is 5. The zero-order valence-corrected chi connectivity index (χ0v) is 21.5. The molecule has 2 aliphatic rings. The Hall–Kier alpha value is -0.810. The fraction of sp³-hybridized carbons (Fsp3) is 0.900. The summed E-state index contributed by atoms with van der Waals surface area (Å²) in [6.07, 6.45) is -0.247. The van der Waals surface area contributed by atoms with E-state index in [1.165, 1.54) is 0 Å². The number of aliphatic imine (C=N–C) groups is 1. The van der Waals surface area contributed by atoms with Gasteiger partial charge in [0.15, 0.2) is 5.96 Å². The summed E-state index contributed by atoms with van der Waals surface area (Å²) in [7, 11) is 3.98. The van der Waals surface area contributed by atoms with Gasteiger partial charge in [-0.3, -0.25) is 9.89 Å². The van der Waals surface area contributed by atoms with Gasteiger partial charge in [0.2, 0.25) is 0 Å². The Balaban J connectivity index is 0.00000420. The third kappa shape index (κ3) is 8.45. The van der Waals surface area contributed by atoms with E-state index in [-0.39, 0.29) is 36.1 Å². The van der Waals surface area contributed by atoms with Crippen LogP contribution in [0.1, 0.15) is 34.6 Å². The largest absolute Gasteiger partial charge is 0.444 e. The highest BCUT2D eigenvalue weighted by Crippen LogP contribution is 2.15. The summed E-state index contributed by atoms with van der Waals surface area (Å²) in [4.78, 5) is 23.1. The fourth-order valence-corrected chi connectivity index (χ4v) is 3.57. The first kappa shape index (κ1) is 26.2. The molecule has 0 aromatic carbocycles. The van der Waals surface area contributed by atoms with Crippen LogP contribution < -0.4 is 10.6 Å². The molecular weight excluding hydrogens is 483 g/mol. The van der Waals surface area contributed by atoms with E-state index in [0.29, 0.717) is 25.0 Å². The van der Waals surface area contributed by atoms with Gasteiger partial charge in [-0.2, -0.15) is 0 Å². The molecule has 0 saturated carbocycles. The van der Waals surface area contributed by atoms with Crippen molar-refractivity contribution < 1.29 is 9.53 Å². The number of carbonyl (C=O) groups is 1. The number of nitrogens with zero attached hydrogens (tertiary/aromatic N) is 4. The Morgan fingerprint density at radius 1 is 1.17 bits per heavy atom. The highest BCUT2D eigenvalue weighted by molar-refractivity contribution is 14.0. The lowest BCUT2D eigenvalue weighted by molar-refractivity contribution is 0.00699. The molecule has 1 atom stereocenters. The predicted octanol–water partition coefficient (Wildman–Crippen LogP) is 1.66. The second kappa shape index (κ2) is 11.5. The average Bonchev–Trinajstić information content (AvgIpc) is 2.55. The van der Waals surface area contributed by atoms with Gasteiger partial charge in [0.05, 0.1) is 6.04 Å². The minimum Gasteiger partial charge on any atom is -0.444 e. The van der Waals surface area contributed by atoms with Crippen molar-refractivity contribution in [3.63, 3.8) is 0 Å². The molecule has 2 N–H and O–H groups in total. The number of nitrogens with one attached hydrogen (secondary N) is 2. The second-order valence-corrected chi connectivity index (χ2v) is 9.33. The highest BCUT2D eigenvalue weighted by Gasteiger charge is 2.34. The molecule has 0 aromatic rings. The topological polar surface area (TPSA) is 72.4 Å². The Labute approximate surface area is 193 Å². The minimum atomic E-state index is -0.456. The lowest BCUT2D eigenvalue weighted by Crippen LogP contribution is -2.63. The summed E-state index contributed by atoms with van der Waals surface area (Å²) in [5.41, 5.74) is -0.456. The molecule has 29 heavy (non-hydrogen) atoms. The molecule has 2 heterocycles. The number of piperazine rings is 1. The third-order valence-electron chi connectivity index (χ3n) is 5.35. The molecule has 1 unspecified atom stereocenters. The standard InChI is InChI=1S/C20H40N6O2.HI/c1-15(2)17(25-10-8-24(7)9-11-25)12-22-18(21-6)23-16-13-26(14-16)19(27)28-20(3,4)5;/h15-17H,8-14H2,1-7H3,(H2,21,22,23);1H. The number of likely N-dealkylation sites (N-methyl/N-ethyl adjacent to an activating group) is 1. The van der Waals surface area contributed by atoms with Gasteiger partial charge in [-0.1, -0.05) is 13.8 Å². The second-order valence-electron chi connectivity index (χ2n) is 9.33. The van der Waals surface area contributed by atoms with Crippen molar-refractivity contribution in [1.82, 2.24) is 25.3 Å². The van der Waals surface area contributed by atoms with Gasteiger partial charge in [-0.15, -0.1) is 24.0 Å². The number of guanidine groups is 1. The maximum absolute atomic E-state index is 12.1. The average molecular weight is 524 g/mol. The molecule has 0 bridgehead atoms. The predicted molar refractivity (Wildman–Crippen MR) is 129 cm³/mol. The maximum atomic E-state index is 12.1. The number of likely N-dealkylation sites (tertiary alicyclic amines) is 1. The van der Waals surface area contributed by atoms with Crippen molar-refractivity contribution in [2.24, 2.45) is 10.9 Å². The number of carbonyl (C=O) groups excluding carboxylic acids is 1. The molecule has 2 rings (SSSR count). The molecule has 0 aliphatic carbocycles. The van der Waals surface area contributed by atoms with Crippen LogP contribution in [0, 0.1) is 5.92 Å². The van der Waals surface area contributed by atoms with Crippen molar-refractivity contribution in [3.8, 4) is 0 Å². The van der Waals surface area contributed by atoms with Crippen molar-refractivity contribution in [3.05, 3.63) is 0 Å². The van der Waals surface area contributed by atoms with Crippen LogP contribution in [-0.2, 0) is 4.74 Å². The number of ether oxygens (including phenoxy) is 1. The van der Waals surface area contributed by atoms with E-state index in [2.05, 4.69) is 46.3 Å². The molecule has 1 amide bonds. The quantitative estimate of drug-likeness (QED) is 0.324. The summed E-state index contributed by atoms with van der Waals surface area (Å²) < 4.78 is 5.41. The van der Waals surface area contributed by atoms with Crippen LogP contribution in [0.3, 0.4) is 0 Å². The highest BCUT2D eigenvalue weighted by atomic mass is 127. The molecule has 9 heteroatoms. The first-order valence-electron chi connectivity index (χ1n) is 10.5. The van der Waals surface area contributed by atoms with E-state index < -0.39 is 5.60 Å². The minimum absolute atomic E-state index is 0. The lowest BCUT2D eigenvalue weighted by atomic mass is 10.0. The van der Waals surface area contributed by atoms with Crippen molar-refractivity contribution in [2.75, 3.05) is 59.9 Å². The van der Waals surface area contributed by atoms with E-state index in [1.807, 2.05) is 20.8 Å². The summed E-state index contributed by atoms with van der Waals surface area (Å²) in [6.45, 7) is 16.8. The molecular formula is C20H41IN6O2. The Morgan fingerprint density at radius 2 is 1.76 bits per heavy atom. The van der Waals surface area contributed by atoms with Gasteiger partial charge in [0.25, 0.3) is 0 Å². The molecule has 2 saturated heterocycles. The first-order chi connectivity index (χ1) is 13.1. The van der Waals surface area contributed by atoms with Crippen LogP contribution >= 0.6 is 24.0 Å². The van der Waals surface area contributed by atoms with Gasteiger partial charge in [0.1, 0.15) is 5.60 Å². The van der Waals surface area contributed by atoms with E-state index in [1.54, 1.807) is 11.9 Å². The van der Waals surface area contributed by atoms with Crippen LogP contribution in [0.2, 0.25) is 0 Å². The SMILES string of the molecule is CN=C(NCC(C(C)C)N1CCN(C)CC1)NC1CN(C(=O)OC(C)(C)C)C1.I. The summed E-state index contributed by atoms with van der Waals surface area (Å²) in [5, 5.41) is 6.91.